The lowest BCUT2D eigenvalue weighted by atomic mass is 9.82. The van der Waals surface area contributed by atoms with Crippen molar-refractivity contribution in [1.82, 2.24) is 49.9 Å². The SMILES string of the molecule is COC(=O)NC(C(=O)N1CCCC1c1ncc(-c2cc(F)c3c(c2)OC(c2cnc(CC(C)C)s2)n2c-3cc3cc(-c4cnc(C5CC6CC6N5C(=O)C(NC(=O)OC)C5CCOC(C)(C)C5)[nH]4)ccc32)[nH]1)C(C)C. The summed E-state index contributed by atoms with van der Waals surface area (Å²) in [4.78, 5) is 79.3. The van der Waals surface area contributed by atoms with Crippen molar-refractivity contribution < 1.29 is 42.5 Å². The standard InChI is InChI=1S/C55H65FN10O8S/c1-27(2)16-44-57-26-43(75-44)52-66-37-12-11-29(35-24-59-49(60-35)41-21-33-19-39(33)65(41)51(68)47(63-54(70)72-8)30-13-15-73-55(5,6)23-30)17-32(37)20-40(66)45-34(56)18-31(22-42(45)74-52)36-25-58-48(61-36)38-10-9-14-64(38)50(67)46(28(3)4)62-53(69)71-7/h11-12,17-18,20,22,24-28,30,33,38-39,41,46-47,52H,9-10,13-16,19,21,23H2,1-8H3,(H,58,61)(H,59,60)(H,62,69)(H,63,70). The Balaban J connectivity index is 0.902. The number of H-pyrrole nitrogens is 2. The second kappa shape index (κ2) is 19.7. The average Bonchev–Trinajstić information content (AvgIpc) is 4.14. The summed E-state index contributed by atoms with van der Waals surface area (Å²) in [5.41, 5.74) is 4.11. The first kappa shape index (κ1) is 50.4. The first-order valence-electron chi connectivity index (χ1n) is 26.1. The lowest BCUT2D eigenvalue weighted by Crippen LogP contribution is -2.55. The fraction of sp³-hybridized carbons (Fsp3) is 0.509. The summed E-state index contributed by atoms with van der Waals surface area (Å²) in [5, 5.41) is 7.43. The summed E-state index contributed by atoms with van der Waals surface area (Å²) < 4.78 is 41.8. The van der Waals surface area contributed by atoms with Crippen LogP contribution in [-0.4, -0.2) is 114 Å². The number of carbonyl (C=O) groups is 4. The number of carbonyl (C=O) groups excluding carboxylic acids is 4. The van der Waals surface area contributed by atoms with Crippen molar-refractivity contribution in [2.24, 2.45) is 23.7 Å². The number of rotatable bonds is 13. The second-order valence-corrected chi connectivity index (χ2v) is 23.3. The van der Waals surface area contributed by atoms with E-state index in [0.29, 0.717) is 84.2 Å². The van der Waals surface area contributed by atoms with E-state index in [2.05, 4.69) is 40.5 Å². The molecule has 4 fully saturated rings. The first-order valence-corrected chi connectivity index (χ1v) is 27.0. The van der Waals surface area contributed by atoms with Gasteiger partial charge in [0.25, 0.3) is 0 Å². The van der Waals surface area contributed by atoms with Crippen LogP contribution >= 0.6 is 11.3 Å². The normalized spacial score (nSPS) is 23.3. The molecule has 1 saturated carbocycles. The molecule has 4 aliphatic heterocycles. The van der Waals surface area contributed by atoms with E-state index in [4.69, 9.17) is 33.9 Å². The number of hydrogen-bond acceptors (Lipinski definition) is 12. The number of aromatic nitrogens is 6. The Bertz CT molecular complexity index is 3180. The van der Waals surface area contributed by atoms with Crippen LogP contribution in [0.3, 0.4) is 0 Å². The summed E-state index contributed by atoms with van der Waals surface area (Å²) >= 11 is 1.58. The van der Waals surface area contributed by atoms with Crippen molar-refractivity contribution in [2.75, 3.05) is 27.4 Å². The van der Waals surface area contributed by atoms with Crippen LogP contribution in [-0.2, 0) is 30.2 Å². The summed E-state index contributed by atoms with van der Waals surface area (Å²) in [7, 11) is 2.58. The first-order chi connectivity index (χ1) is 36.0. The number of methoxy groups -OCH3 is 2. The number of likely N-dealkylation sites (tertiary alicyclic amines) is 2. The van der Waals surface area contributed by atoms with Gasteiger partial charge in [0.15, 0.2) is 0 Å². The number of aromatic amines is 2. The molecule has 20 heteroatoms. The topological polar surface area (TPSA) is 211 Å². The number of nitrogens with one attached hydrogen (secondary N) is 4. The largest absolute Gasteiger partial charge is 0.464 e. The smallest absolute Gasteiger partial charge is 0.407 e. The van der Waals surface area contributed by atoms with Gasteiger partial charge in [0.05, 0.1) is 82.3 Å². The van der Waals surface area contributed by atoms with Gasteiger partial charge in [0.1, 0.15) is 35.3 Å². The second-order valence-electron chi connectivity index (χ2n) is 22.2. The molecule has 4 aromatic heterocycles. The fourth-order valence-electron chi connectivity index (χ4n) is 12.0. The highest BCUT2D eigenvalue weighted by Crippen LogP contribution is 2.54. The molecule has 0 spiro atoms. The van der Waals surface area contributed by atoms with Gasteiger partial charge in [0.2, 0.25) is 18.0 Å². The van der Waals surface area contributed by atoms with E-state index in [1.807, 2.05) is 67.6 Å². The minimum absolute atomic E-state index is 0.0725. The third kappa shape index (κ3) is 9.52. The lowest BCUT2D eigenvalue weighted by molar-refractivity contribution is -0.140. The fourth-order valence-corrected chi connectivity index (χ4v) is 13.1. The van der Waals surface area contributed by atoms with E-state index < -0.39 is 41.9 Å². The van der Waals surface area contributed by atoms with E-state index in [9.17, 15) is 19.2 Å². The van der Waals surface area contributed by atoms with E-state index in [1.165, 1.54) is 20.3 Å². The Kier molecular flexibility index (Phi) is 13.2. The monoisotopic (exact) mass is 1040 g/mol. The van der Waals surface area contributed by atoms with E-state index in [1.54, 1.807) is 28.6 Å². The molecule has 396 valence electrons. The zero-order valence-corrected chi connectivity index (χ0v) is 44.4. The predicted octanol–water partition coefficient (Wildman–Crippen LogP) is 9.46. The quantitative estimate of drug-likeness (QED) is 0.0856. The van der Waals surface area contributed by atoms with Crippen LogP contribution in [0.5, 0.6) is 5.75 Å². The molecule has 8 unspecified atom stereocenters. The Hall–Kier alpha value is -6.80. The molecule has 75 heavy (non-hydrogen) atoms. The van der Waals surface area contributed by atoms with Gasteiger partial charge in [-0.3, -0.25) is 14.2 Å². The van der Waals surface area contributed by atoms with Crippen LogP contribution in [0.4, 0.5) is 14.0 Å². The molecule has 8 atom stereocenters. The molecular weight excluding hydrogens is 980 g/mol. The maximum absolute atomic E-state index is 17.1. The molecule has 2 aromatic carbocycles. The van der Waals surface area contributed by atoms with Gasteiger partial charge in [-0.25, -0.2) is 28.9 Å². The summed E-state index contributed by atoms with van der Waals surface area (Å²) in [6, 6.07) is 9.28. The summed E-state index contributed by atoms with van der Waals surface area (Å²) in [6.45, 7) is 13.1. The minimum atomic E-state index is -0.779. The zero-order valence-electron chi connectivity index (χ0n) is 43.6. The molecule has 0 bridgehead atoms. The Labute approximate surface area is 438 Å². The van der Waals surface area contributed by atoms with Gasteiger partial charge >= 0.3 is 12.2 Å². The van der Waals surface area contributed by atoms with Gasteiger partial charge in [-0.05, 0) is 106 Å². The molecule has 3 saturated heterocycles. The van der Waals surface area contributed by atoms with E-state index in [0.717, 1.165) is 57.7 Å². The molecule has 5 aliphatic rings. The lowest BCUT2D eigenvalue weighted by Gasteiger charge is -2.40. The van der Waals surface area contributed by atoms with Gasteiger partial charge in [0, 0.05) is 48.3 Å². The number of ether oxygens (including phenoxy) is 4. The van der Waals surface area contributed by atoms with Crippen LogP contribution in [0.25, 0.3) is 44.7 Å². The van der Waals surface area contributed by atoms with Gasteiger partial charge in [-0.1, -0.05) is 33.8 Å². The molecule has 11 rings (SSSR count). The molecule has 1 aliphatic carbocycles. The Morgan fingerprint density at radius 2 is 1.61 bits per heavy atom. The molecule has 8 heterocycles. The van der Waals surface area contributed by atoms with Gasteiger partial charge in [-0.15, -0.1) is 11.3 Å². The van der Waals surface area contributed by atoms with Crippen molar-refractivity contribution in [1.29, 1.82) is 0 Å². The average molecular weight is 1050 g/mol. The van der Waals surface area contributed by atoms with Gasteiger partial charge in [-0.2, -0.15) is 0 Å². The molecule has 4 N–H and O–H groups in total. The molecular formula is C55H65FN10O8S. The van der Waals surface area contributed by atoms with E-state index >= 15 is 4.39 Å². The number of fused-ring (bicyclic) bond motifs is 6. The number of nitrogens with zero attached hydrogens (tertiary/aromatic N) is 6. The maximum atomic E-state index is 17.1. The molecule has 4 amide bonds. The van der Waals surface area contributed by atoms with Crippen molar-refractivity contribution in [3.8, 4) is 39.5 Å². The van der Waals surface area contributed by atoms with Crippen molar-refractivity contribution in [3.05, 3.63) is 82.3 Å². The third-order valence-electron chi connectivity index (χ3n) is 15.7. The van der Waals surface area contributed by atoms with Crippen LogP contribution in [0.1, 0.15) is 120 Å². The predicted molar refractivity (Wildman–Crippen MR) is 278 cm³/mol. The van der Waals surface area contributed by atoms with Crippen molar-refractivity contribution in [2.45, 2.75) is 129 Å². The number of amides is 4. The molecule has 18 nitrogen and oxygen atoms in total. The van der Waals surface area contributed by atoms with Gasteiger partial charge < -0.3 is 49.3 Å². The number of alkyl carbamates (subject to hydrolysis) is 2. The summed E-state index contributed by atoms with van der Waals surface area (Å²) in [6.07, 6.45) is 8.50. The number of benzene rings is 2. The molecule has 0 radical (unpaired) electrons. The van der Waals surface area contributed by atoms with Crippen LogP contribution in [0.15, 0.2) is 55.0 Å². The number of hydrogen-bond donors (Lipinski definition) is 4. The zero-order chi connectivity index (χ0) is 52.6. The number of piperidine rings is 1. The highest BCUT2D eigenvalue weighted by Gasteiger charge is 2.57. The maximum Gasteiger partial charge on any atom is 0.407 e. The van der Waals surface area contributed by atoms with Crippen LogP contribution in [0, 0.1) is 29.5 Å². The number of imidazole rings is 2. The van der Waals surface area contributed by atoms with Crippen LogP contribution < -0.4 is 15.4 Å². The van der Waals surface area contributed by atoms with Crippen molar-refractivity contribution >= 4 is 46.2 Å². The highest BCUT2D eigenvalue weighted by atomic mass is 32.1. The minimum Gasteiger partial charge on any atom is -0.464 e. The summed E-state index contributed by atoms with van der Waals surface area (Å²) in [5.74, 6) is 1.23. The van der Waals surface area contributed by atoms with Crippen LogP contribution in [0.2, 0.25) is 0 Å². The number of thiazole rings is 1. The third-order valence-corrected chi connectivity index (χ3v) is 16.7. The highest BCUT2D eigenvalue weighted by molar-refractivity contribution is 7.11. The molecule has 6 aromatic rings. The Morgan fingerprint density at radius 1 is 0.880 bits per heavy atom. The van der Waals surface area contributed by atoms with E-state index in [-0.39, 0.29) is 41.8 Å². The Morgan fingerprint density at radius 3 is 2.33 bits per heavy atom. The van der Waals surface area contributed by atoms with Crippen molar-refractivity contribution in [3.63, 3.8) is 0 Å². The number of halogens is 1.